The van der Waals surface area contributed by atoms with E-state index in [2.05, 4.69) is 4.42 Å². The van der Waals surface area contributed by atoms with Crippen molar-refractivity contribution < 1.29 is 18.3 Å². The molecule has 1 rings (SSSR count). The van der Waals surface area contributed by atoms with E-state index in [1.54, 1.807) is 0 Å². The van der Waals surface area contributed by atoms with E-state index in [1.165, 1.54) is 6.07 Å². The van der Waals surface area contributed by atoms with E-state index >= 15 is 0 Å². The van der Waals surface area contributed by atoms with Gasteiger partial charge in [0.05, 0.1) is 0 Å². The number of aromatic hydroxyl groups is 1. The monoisotopic (exact) mass is 147 g/mol. The minimum absolute atomic E-state index is 0.257. The molecule has 1 aromatic heterocycles. The predicted molar refractivity (Wildman–Crippen MR) is 27.6 cm³/mol. The summed E-state index contributed by atoms with van der Waals surface area (Å²) in [6, 6.07) is 2.32. The molecule has 50 valence electrons. The van der Waals surface area contributed by atoms with Crippen LogP contribution in [0.4, 0.5) is 0 Å². The molecule has 0 spiro atoms. The Labute approximate surface area is 53.4 Å². The van der Waals surface area contributed by atoms with E-state index < -0.39 is 17.0 Å². The van der Waals surface area contributed by atoms with Crippen molar-refractivity contribution in [2.24, 2.45) is 0 Å². The van der Waals surface area contributed by atoms with Crippen molar-refractivity contribution in [2.75, 3.05) is 0 Å². The van der Waals surface area contributed by atoms with Gasteiger partial charge >= 0.3 is 0 Å². The quantitative estimate of drug-likeness (QED) is 0.577. The summed E-state index contributed by atoms with van der Waals surface area (Å²) in [5, 5.41) is 8.20. The highest BCUT2D eigenvalue weighted by Crippen LogP contribution is 2.15. The second kappa shape index (κ2) is 2.20. The zero-order valence-electron chi connectivity index (χ0n) is 4.23. The summed E-state index contributed by atoms with van der Waals surface area (Å²) < 4.78 is 24.3. The Morgan fingerprint density at radius 3 is 2.56 bits per heavy atom. The highest BCUT2D eigenvalue weighted by molar-refractivity contribution is 7.79. The normalized spacial score (nSPS) is 13.4. The molecule has 9 heavy (non-hydrogen) atoms. The number of furan rings is 1. The second-order valence-electron chi connectivity index (χ2n) is 1.33. The van der Waals surface area contributed by atoms with Crippen LogP contribution in [-0.2, 0) is 11.1 Å². The van der Waals surface area contributed by atoms with Gasteiger partial charge in [0.15, 0.2) is 5.09 Å². The lowest BCUT2D eigenvalue weighted by Gasteiger charge is -1.96. The van der Waals surface area contributed by atoms with Gasteiger partial charge in [0.1, 0.15) is 0 Å². The van der Waals surface area contributed by atoms with E-state index in [1.807, 2.05) is 0 Å². The van der Waals surface area contributed by atoms with Crippen molar-refractivity contribution in [1.82, 2.24) is 0 Å². The van der Waals surface area contributed by atoms with Crippen molar-refractivity contribution in [1.29, 1.82) is 0 Å². The van der Waals surface area contributed by atoms with Gasteiger partial charge in [-0.15, -0.1) is 0 Å². The molecule has 1 unspecified atom stereocenters. The Kier molecular flexibility index (Phi) is 1.54. The molecular weight excluding hydrogens is 144 g/mol. The van der Waals surface area contributed by atoms with Crippen LogP contribution in [0.2, 0.25) is 0 Å². The summed E-state index contributed by atoms with van der Waals surface area (Å²) in [4.78, 5) is 0. The van der Waals surface area contributed by atoms with Gasteiger partial charge < -0.3 is 14.1 Å². The molecule has 0 aliphatic carbocycles. The molecule has 1 atom stereocenters. The first kappa shape index (κ1) is 6.31. The van der Waals surface area contributed by atoms with Crippen molar-refractivity contribution in [3.63, 3.8) is 0 Å². The van der Waals surface area contributed by atoms with Gasteiger partial charge in [-0.05, 0) is 6.07 Å². The zero-order chi connectivity index (χ0) is 6.85. The van der Waals surface area contributed by atoms with Crippen LogP contribution in [0, 0.1) is 0 Å². The van der Waals surface area contributed by atoms with E-state index in [0.717, 1.165) is 6.07 Å². The molecule has 1 N–H and O–H groups in total. The first-order chi connectivity index (χ1) is 4.20. The molecule has 0 saturated heterocycles. The summed E-state index contributed by atoms with van der Waals surface area (Å²) in [5.41, 5.74) is 0. The van der Waals surface area contributed by atoms with Crippen LogP contribution >= 0.6 is 0 Å². The summed E-state index contributed by atoms with van der Waals surface area (Å²) in [7, 11) is 0. The lowest BCUT2D eigenvalue weighted by atomic mass is 10.7. The van der Waals surface area contributed by atoms with Crippen molar-refractivity contribution in [3.8, 4) is 5.95 Å². The third kappa shape index (κ3) is 1.30. The lowest BCUT2D eigenvalue weighted by molar-refractivity contribution is 0.294. The molecule has 4 nitrogen and oxygen atoms in total. The Hall–Kier alpha value is -0.810. The van der Waals surface area contributed by atoms with E-state index in [4.69, 9.17) is 5.11 Å². The summed E-state index contributed by atoms with van der Waals surface area (Å²) in [5.74, 6) is -0.394. The second-order valence-corrected chi connectivity index (χ2v) is 2.20. The smallest absolute Gasteiger partial charge is 0.282 e. The maximum atomic E-state index is 10.0. The SMILES string of the molecule is O=S([O-])c1ccc(O)o1. The standard InChI is InChI=1S/C4H4O4S/c5-3-1-2-4(8-3)9(6)7/h1-2,5H,(H,6,7)/p-1. The molecule has 0 aromatic carbocycles. The minimum Gasteiger partial charge on any atom is -0.766 e. The molecule has 5 heteroatoms. The fraction of sp³-hybridized carbons (Fsp3) is 0. The topological polar surface area (TPSA) is 73.5 Å². The summed E-state index contributed by atoms with van der Waals surface area (Å²) in [6.07, 6.45) is 0. The van der Waals surface area contributed by atoms with Crippen LogP contribution in [0.25, 0.3) is 0 Å². The maximum Gasteiger partial charge on any atom is 0.282 e. The van der Waals surface area contributed by atoms with Crippen LogP contribution in [-0.4, -0.2) is 13.9 Å². The molecule has 0 radical (unpaired) electrons. The molecule has 1 heterocycles. The highest BCUT2D eigenvalue weighted by atomic mass is 32.2. The van der Waals surface area contributed by atoms with Crippen LogP contribution in [0.1, 0.15) is 0 Å². The molecule has 0 aliphatic heterocycles. The highest BCUT2D eigenvalue weighted by Gasteiger charge is 1.97. The number of hydrogen-bond donors (Lipinski definition) is 1. The first-order valence-electron chi connectivity index (χ1n) is 2.08. The molecule has 0 saturated carbocycles. The van der Waals surface area contributed by atoms with E-state index in [-0.39, 0.29) is 5.09 Å². The van der Waals surface area contributed by atoms with Crippen molar-refractivity contribution >= 4 is 11.1 Å². The van der Waals surface area contributed by atoms with Crippen LogP contribution in [0.5, 0.6) is 5.95 Å². The zero-order valence-corrected chi connectivity index (χ0v) is 5.05. The summed E-state index contributed by atoms with van der Waals surface area (Å²) >= 11 is -2.38. The Morgan fingerprint density at radius 1 is 1.67 bits per heavy atom. The Bertz CT molecular complexity index is 228. The molecule has 0 fully saturated rings. The molecule has 0 amide bonds. The van der Waals surface area contributed by atoms with Crippen molar-refractivity contribution in [3.05, 3.63) is 12.1 Å². The fourth-order valence-corrected chi connectivity index (χ4v) is 0.733. The predicted octanol–water partition coefficient (Wildman–Crippen LogP) is 0.223. The minimum atomic E-state index is -2.38. The summed E-state index contributed by atoms with van der Waals surface area (Å²) in [6.45, 7) is 0. The third-order valence-corrected chi connectivity index (χ3v) is 1.28. The van der Waals surface area contributed by atoms with Crippen LogP contribution in [0.3, 0.4) is 0 Å². The lowest BCUT2D eigenvalue weighted by Crippen LogP contribution is -1.82. The average molecular weight is 147 g/mol. The van der Waals surface area contributed by atoms with Crippen LogP contribution in [0.15, 0.2) is 21.6 Å². The first-order valence-corrected chi connectivity index (χ1v) is 3.15. The maximum absolute atomic E-state index is 10.0. The van der Waals surface area contributed by atoms with Gasteiger partial charge in [0.25, 0.3) is 5.95 Å². The number of hydrogen-bond acceptors (Lipinski definition) is 4. The number of rotatable bonds is 1. The van der Waals surface area contributed by atoms with Gasteiger partial charge in [0, 0.05) is 17.1 Å². The van der Waals surface area contributed by atoms with Gasteiger partial charge in [-0.25, -0.2) is 0 Å². The molecular formula is C4H3O4S-. The van der Waals surface area contributed by atoms with Gasteiger partial charge in [0.2, 0.25) is 0 Å². The van der Waals surface area contributed by atoms with Gasteiger partial charge in [-0.2, -0.15) is 0 Å². The van der Waals surface area contributed by atoms with Crippen molar-refractivity contribution in [2.45, 2.75) is 5.09 Å². The fourth-order valence-electron chi connectivity index (χ4n) is 0.400. The largest absolute Gasteiger partial charge is 0.766 e. The molecule has 0 bridgehead atoms. The third-order valence-electron chi connectivity index (χ3n) is 0.731. The van der Waals surface area contributed by atoms with Gasteiger partial charge in [-0.1, -0.05) is 0 Å². The Morgan fingerprint density at radius 2 is 2.33 bits per heavy atom. The molecule has 0 aliphatic rings. The average Bonchev–Trinajstić information content (AvgIpc) is 2.14. The van der Waals surface area contributed by atoms with E-state index in [9.17, 15) is 8.76 Å². The van der Waals surface area contributed by atoms with Crippen LogP contribution < -0.4 is 0 Å². The van der Waals surface area contributed by atoms with Gasteiger partial charge in [-0.3, -0.25) is 4.21 Å². The Balaban J connectivity index is 2.98. The van der Waals surface area contributed by atoms with E-state index in [0.29, 0.717) is 0 Å². The molecule has 1 aromatic rings.